The summed E-state index contributed by atoms with van der Waals surface area (Å²) < 4.78 is 7.20. The number of methoxy groups -OCH3 is 1. The number of aromatic nitrogens is 3. The Kier molecular flexibility index (Phi) is 9.51. The summed E-state index contributed by atoms with van der Waals surface area (Å²) in [5.74, 6) is -0.494. The van der Waals surface area contributed by atoms with Gasteiger partial charge in [-0.2, -0.15) is 0 Å². The van der Waals surface area contributed by atoms with Gasteiger partial charge in [0.15, 0.2) is 5.60 Å². The van der Waals surface area contributed by atoms with Crippen molar-refractivity contribution < 1.29 is 24.5 Å². The molecule has 2 amide bonds. The zero-order valence-electron chi connectivity index (χ0n) is 26.8. The summed E-state index contributed by atoms with van der Waals surface area (Å²) in [4.78, 5) is 29.9. The molecule has 3 atom stereocenters. The predicted molar refractivity (Wildman–Crippen MR) is 179 cm³/mol. The fraction of sp³-hybridized carbons (Fsp3) is 0.351. The molecule has 3 heterocycles. The van der Waals surface area contributed by atoms with Crippen LogP contribution in [0.5, 0.6) is 5.75 Å². The lowest BCUT2D eigenvalue weighted by molar-refractivity contribution is -0.139. The van der Waals surface area contributed by atoms with Crippen molar-refractivity contribution in [3.8, 4) is 5.75 Å². The number of rotatable bonds is 12. The van der Waals surface area contributed by atoms with E-state index < -0.39 is 17.4 Å². The SMILES string of the molecule is COc1ccc2c(c1)[C@](O)([C@@H](C)/C=C/CCn1cc(C(CO)c3ccccc3)nn1)C(=O)N2Cc1ccc(N2CCCCC2=O)cc1. The van der Waals surface area contributed by atoms with Gasteiger partial charge in [0.25, 0.3) is 5.91 Å². The van der Waals surface area contributed by atoms with Gasteiger partial charge in [-0.05, 0) is 60.7 Å². The van der Waals surface area contributed by atoms with Crippen molar-refractivity contribution in [3.05, 3.63) is 114 Å². The van der Waals surface area contributed by atoms with Crippen LogP contribution in [-0.2, 0) is 28.3 Å². The molecule has 6 rings (SSSR count). The molecule has 1 fully saturated rings. The molecule has 1 aromatic heterocycles. The van der Waals surface area contributed by atoms with Crippen molar-refractivity contribution in [2.75, 3.05) is 30.1 Å². The highest BCUT2D eigenvalue weighted by atomic mass is 16.5. The highest BCUT2D eigenvalue weighted by Gasteiger charge is 2.52. The van der Waals surface area contributed by atoms with Crippen LogP contribution in [0.4, 0.5) is 11.4 Å². The van der Waals surface area contributed by atoms with Gasteiger partial charge in [0, 0.05) is 42.9 Å². The Morgan fingerprint density at radius 3 is 2.55 bits per heavy atom. The maximum absolute atomic E-state index is 14.1. The Bertz CT molecular complexity index is 1740. The lowest BCUT2D eigenvalue weighted by Gasteiger charge is -2.28. The van der Waals surface area contributed by atoms with E-state index in [-0.39, 0.29) is 25.0 Å². The molecule has 47 heavy (non-hydrogen) atoms. The van der Waals surface area contributed by atoms with Gasteiger partial charge in [0.1, 0.15) is 5.75 Å². The number of carbonyl (C=O) groups is 2. The predicted octanol–water partition coefficient (Wildman–Crippen LogP) is 4.94. The van der Waals surface area contributed by atoms with Gasteiger partial charge in [-0.3, -0.25) is 14.3 Å². The normalized spacial score (nSPS) is 19.3. The first kappa shape index (κ1) is 32.2. The number of ether oxygens (including phenoxy) is 1. The van der Waals surface area contributed by atoms with Crippen molar-refractivity contribution >= 4 is 23.2 Å². The summed E-state index contributed by atoms with van der Waals surface area (Å²) in [5.41, 5.74) is 2.78. The van der Waals surface area contributed by atoms with E-state index >= 15 is 0 Å². The second kappa shape index (κ2) is 13.9. The van der Waals surface area contributed by atoms with E-state index in [0.717, 1.165) is 36.2 Å². The van der Waals surface area contributed by atoms with Crippen LogP contribution in [0, 0.1) is 5.92 Å². The van der Waals surface area contributed by atoms with E-state index in [1.54, 1.807) is 28.8 Å². The highest BCUT2D eigenvalue weighted by Crippen LogP contribution is 2.47. The maximum Gasteiger partial charge on any atom is 0.264 e. The summed E-state index contributed by atoms with van der Waals surface area (Å²) in [6.45, 7) is 3.31. The van der Waals surface area contributed by atoms with E-state index in [4.69, 9.17) is 4.74 Å². The van der Waals surface area contributed by atoms with Crippen molar-refractivity contribution in [1.82, 2.24) is 15.0 Å². The van der Waals surface area contributed by atoms with Gasteiger partial charge < -0.3 is 24.7 Å². The molecule has 0 radical (unpaired) electrons. The van der Waals surface area contributed by atoms with Crippen LogP contribution in [0.2, 0.25) is 0 Å². The maximum atomic E-state index is 14.1. The largest absolute Gasteiger partial charge is 0.497 e. The summed E-state index contributed by atoms with van der Waals surface area (Å²) in [5, 5.41) is 30.6. The number of aliphatic hydroxyl groups excluding tert-OH is 1. The van der Waals surface area contributed by atoms with E-state index in [0.29, 0.717) is 42.1 Å². The van der Waals surface area contributed by atoms with Crippen LogP contribution in [0.1, 0.15) is 60.9 Å². The fourth-order valence-corrected chi connectivity index (χ4v) is 6.54. The number of hydrogen-bond donors (Lipinski definition) is 2. The Hall–Kier alpha value is -4.80. The third-order valence-corrected chi connectivity index (χ3v) is 9.29. The summed E-state index contributed by atoms with van der Waals surface area (Å²) >= 11 is 0. The van der Waals surface area contributed by atoms with Crippen molar-refractivity contribution in [2.45, 2.75) is 57.2 Å². The summed E-state index contributed by atoms with van der Waals surface area (Å²) in [6.07, 6.45) is 8.74. The van der Waals surface area contributed by atoms with Crippen LogP contribution in [0.25, 0.3) is 0 Å². The zero-order valence-corrected chi connectivity index (χ0v) is 26.8. The van der Waals surface area contributed by atoms with E-state index in [1.807, 2.05) is 90.8 Å². The number of aryl methyl sites for hydroxylation is 1. The molecule has 10 nitrogen and oxygen atoms in total. The Morgan fingerprint density at radius 2 is 1.83 bits per heavy atom. The fourth-order valence-electron chi connectivity index (χ4n) is 6.54. The smallest absolute Gasteiger partial charge is 0.264 e. The first-order valence-corrected chi connectivity index (χ1v) is 16.2. The number of carbonyl (C=O) groups excluding carboxylic acids is 2. The third kappa shape index (κ3) is 6.43. The number of anilines is 2. The highest BCUT2D eigenvalue weighted by molar-refractivity contribution is 6.07. The van der Waals surface area contributed by atoms with E-state index in [9.17, 15) is 19.8 Å². The summed E-state index contributed by atoms with van der Waals surface area (Å²) in [6, 6.07) is 22.8. The number of aliphatic hydroxyl groups is 2. The van der Waals surface area contributed by atoms with Gasteiger partial charge in [-0.1, -0.05) is 66.8 Å². The average molecular weight is 636 g/mol. The molecule has 0 spiro atoms. The summed E-state index contributed by atoms with van der Waals surface area (Å²) in [7, 11) is 1.56. The average Bonchev–Trinajstić information content (AvgIpc) is 3.65. The number of hydrogen-bond acceptors (Lipinski definition) is 7. The van der Waals surface area contributed by atoms with Crippen LogP contribution < -0.4 is 14.5 Å². The second-order valence-corrected chi connectivity index (χ2v) is 12.3. The van der Waals surface area contributed by atoms with Gasteiger partial charge in [0.2, 0.25) is 5.91 Å². The number of nitrogens with zero attached hydrogens (tertiary/aromatic N) is 5. The van der Waals surface area contributed by atoms with E-state index in [1.165, 1.54) is 0 Å². The standard InChI is InChI=1S/C37H41N5O5/c1-26(10-6-8-20-40-24-33(38-39-40)31(25-43)28-11-4-3-5-12-28)37(46)32-22-30(47-2)18-19-34(32)42(36(37)45)23-27-14-16-29(17-15-27)41-21-9-7-13-35(41)44/h3-6,10-12,14-19,22,24,26,31,43,46H,7-9,13,20-21,23,25H2,1-2H3/b10-6+/t26-,31?,37+/m0/s1. The van der Waals surface area contributed by atoms with Crippen LogP contribution in [0.15, 0.2) is 91.1 Å². The molecule has 1 saturated heterocycles. The number of benzene rings is 3. The number of piperidine rings is 1. The van der Waals surface area contributed by atoms with E-state index in [2.05, 4.69) is 10.3 Å². The molecule has 1 unspecified atom stereocenters. The Labute approximate surface area is 274 Å². The molecule has 4 aromatic rings. The molecule has 0 bridgehead atoms. The first-order valence-electron chi connectivity index (χ1n) is 16.2. The lowest BCUT2D eigenvalue weighted by Crippen LogP contribution is -2.44. The monoisotopic (exact) mass is 635 g/mol. The van der Waals surface area contributed by atoms with Gasteiger partial charge in [0.05, 0.1) is 37.6 Å². The quantitative estimate of drug-likeness (QED) is 0.212. The first-order chi connectivity index (χ1) is 22.8. The van der Waals surface area contributed by atoms with Gasteiger partial charge in [-0.25, -0.2) is 0 Å². The van der Waals surface area contributed by atoms with Crippen LogP contribution in [-0.4, -0.2) is 57.3 Å². The van der Waals surface area contributed by atoms with Crippen molar-refractivity contribution in [3.63, 3.8) is 0 Å². The molecular formula is C37H41N5O5. The zero-order chi connectivity index (χ0) is 33.0. The lowest BCUT2D eigenvalue weighted by atomic mass is 9.83. The number of amides is 2. The molecule has 0 aliphatic carbocycles. The minimum Gasteiger partial charge on any atom is -0.497 e. The minimum atomic E-state index is -1.79. The molecule has 2 aliphatic rings. The minimum absolute atomic E-state index is 0.0685. The topological polar surface area (TPSA) is 121 Å². The Morgan fingerprint density at radius 1 is 1.04 bits per heavy atom. The van der Waals surface area contributed by atoms with Gasteiger partial charge >= 0.3 is 0 Å². The molecule has 0 saturated carbocycles. The number of fused-ring (bicyclic) bond motifs is 1. The van der Waals surface area contributed by atoms with Crippen LogP contribution in [0.3, 0.4) is 0 Å². The molecule has 3 aromatic carbocycles. The molecule has 2 N–H and O–H groups in total. The molecular weight excluding hydrogens is 594 g/mol. The van der Waals surface area contributed by atoms with Crippen molar-refractivity contribution in [2.24, 2.45) is 5.92 Å². The van der Waals surface area contributed by atoms with Gasteiger partial charge in [-0.15, -0.1) is 5.10 Å². The number of allylic oxidation sites excluding steroid dienone is 1. The second-order valence-electron chi connectivity index (χ2n) is 12.3. The molecule has 10 heteroatoms. The molecule has 2 aliphatic heterocycles. The van der Waals surface area contributed by atoms with Crippen LogP contribution >= 0.6 is 0 Å². The van der Waals surface area contributed by atoms with Crippen molar-refractivity contribution in [1.29, 1.82) is 0 Å². The third-order valence-electron chi connectivity index (χ3n) is 9.29. The molecule has 244 valence electrons. The Balaban J connectivity index is 1.15.